The highest BCUT2D eigenvalue weighted by atomic mass is 35.5. The Balaban J connectivity index is 2.29. The molecule has 0 aliphatic rings. The van der Waals surface area contributed by atoms with Crippen LogP contribution in [0.4, 0.5) is 5.69 Å². The van der Waals surface area contributed by atoms with Crippen molar-refractivity contribution in [1.82, 2.24) is 10.2 Å². The summed E-state index contributed by atoms with van der Waals surface area (Å²) >= 11 is 18.4. The zero-order chi connectivity index (χ0) is 28.6. The fraction of sp³-hybridized carbons (Fsp3) is 0.481. The molecule has 2 rings (SSSR count). The first-order chi connectivity index (χ1) is 17.8. The lowest BCUT2D eigenvalue weighted by Crippen LogP contribution is -2.50. The lowest BCUT2D eigenvalue weighted by molar-refractivity contribution is -0.141. The number of carbonyl (C=O) groups excluding carboxylic acids is 2. The summed E-state index contributed by atoms with van der Waals surface area (Å²) in [6.45, 7) is 7.78. The van der Waals surface area contributed by atoms with E-state index in [0.717, 1.165) is 23.8 Å². The molecule has 7 nitrogen and oxygen atoms in total. The summed E-state index contributed by atoms with van der Waals surface area (Å²) in [5.74, 6) is -0.499. The van der Waals surface area contributed by atoms with Crippen molar-refractivity contribution in [2.75, 3.05) is 17.1 Å². The highest BCUT2D eigenvalue weighted by molar-refractivity contribution is 7.92. The fourth-order valence-electron chi connectivity index (χ4n) is 4.03. The van der Waals surface area contributed by atoms with Gasteiger partial charge in [-0.25, -0.2) is 8.42 Å². The van der Waals surface area contributed by atoms with Crippen molar-refractivity contribution in [2.24, 2.45) is 0 Å². The number of halogens is 3. The normalized spacial score (nSPS) is 13.1. The minimum atomic E-state index is -3.63. The van der Waals surface area contributed by atoms with Gasteiger partial charge in [0.1, 0.15) is 6.04 Å². The summed E-state index contributed by atoms with van der Waals surface area (Å²) in [7, 11) is -3.63. The van der Waals surface area contributed by atoms with E-state index in [1.807, 2.05) is 20.8 Å². The third kappa shape index (κ3) is 9.04. The number of aryl methyl sites for hydroxylation is 1. The van der Waals surface area contributed by atoms with Crippen molar-refractivity contribution in [3.05, 3.63) is 62.6 Å². The van der Waals surface area contributed by atoms with Crippen LogP contribution in [0.5, 0.6) is 0 Å². The SMILES string of the molecule is CC[C@@H](C)NC(=O)[C@@H](CC)N(Cc1ccc(Cl)c(Cl)c1)C(=O)CCCN(c1cc(Cl)ccc1C)S(C)(=O)=O. The molecule has 0 heterocycles. The molecule has 0 fully saturated rings. The third-order valence-electron chi connectivity index (χ3n) is 6.32. The van der Waals surface area contributed by atoms with Gasteiger partial charge in [0, 0.05) is 30.6 Å². The van der Waals surface area contributed by atoms with Crippen LogP contribution in [0.2, 0.25) is 15.1 Å². The molecule has 0 aromatic heterocycles. The van der Waals surface area contributed by atoms with Crippen molar-refractivity contribution >= 4 is 62.3 Å². The quantitative estimate of drug-likeness (QED) is 0.294. The molecule has 2 aromatic rings. The van der Waals surface area contributed by atoms with E-state index in [9.17, 15) is 18.0 Å². The Morgan fingerprint density at radius 3 is 2.26 bits per heavy atom. The maximum absolute atomic E-state index is 13.5. The van der Waals surface area contributed by atoms with Crippen LogP contribution < -0.4 is 9.62 Å². The number of anilines is 1. The third-order valence-corrected chi connectivity index (χ3v) is 8.47. The molecule has 0 saturated heterocycles. The number of amides is 2. The second kappa shape index (κ2) is 14.4. The maximum Gasteiger partial charge on any atom is 0.243 e. The molecule has 1 N–H and O–H groups in total. The number of hydrogen-bond acceptors (Lipinski definition) is 4. The summed E-state index contributed by atoms with van der Waals surface area (Å²) in [5, 5.41) is 4.14. The Labute approximate surface area is 241 Å². The molecule has 0 bridgehead atoms. The van der Waals surface area contributed by atoms with Crippen molar-refractivity contribution in [3.8, 4) is 0 Å². The van der Waals surface area contributed by atoms with E-state index in [-0.39, 0.29) is 43.8 Å². The van der Waals surface area contributed by atoms with Crippen LogP contribution in [-0.2, 0) is 26.2 Å². The number of sulfonamides is 1. The number of hydrogen-bond donors (Lipinski definition) is 1. The average Bonchev–Trinajstić information content (AvgIpc) is 2.84. The molecule has 2 aromatic carbocycles. The van der Waals surface area contributed by atoms with Gasteiger partial charge in [0.05, 0.1) is 22.0 Å². The van der Waals surface area contributed by atoms with Gasteiger partial charge in [-0.3, -0.25) is 13.9 Å². The molecule has 210 valence electrons. The number of rotatable bonds is 13. The highest BCUT2D eigenvalue weighted by Gasteiger charge is 2.29. The van der Waals surface area contributed by atoms with Crippen LogP contribution in [0.3, 0.4) is 0 Å². The zero-order valence-corrected chi connectivity index (χ0v) is 25.5. The number of benzene rings is 2. The van der Waals surface area contributed by atoms with Gasteiger partial charge in [-0.15, -0.1) is 0 Å². The topological polar surface area (TPSA) is 86.8 Å². The molecule has 0 spiro atoms. The van der Waals surface area contributed by atoms with Gasteiger partial charge in [-0.05, 0) is 68.5 Å². The van der Waals surface area contributed by atoms with Crippen molar-refractivity contribution < 1.29 is 18.0 Å². The Hall–Kier alpha value is -2.00. The number of carbonyl (C=O) groups is 2. The van der Waals surface area contributed by atoms with Gasteiger partial charge < -0.3 is 10.2 Å². The first-order valence-electron chi connectivity index (χ1n) is 12.6. The Morgan fingerprint density at radius 2 is 1.68 bits per heavy atom. The molecule has 38 heavy (non-hydrogen) atoms. The number of nitrogens with one attached hydrogen (secondary N) is 1. The molecular formula is C27H36Cl3N3O4S. The van der Waals surface area contributed by atoms with Gasteiger partial charge >= 0.3 is 0 Å². The fourth-order valence-corrected chi connectivity index (χ4v) is 5.53. The Morgan fingerprint density at radius 1 is 1.00 bits per heavy atom. The van der Waals surface area contributed by atoms with Gasteiger partial charge in [-0.2, -0.15) is 0 Å². The van der Waals surface area contributed by atoms with Crippen LogP contribution in [0.1, 0.15) is 57.6 Å². The standard InChI is InChI=1S/C27H36Cl3N3O4S/c1-6-19(4)31-27(35)24(7-2)32(17-20-11-13-22(29)23(30)15-20)26(34)9-8-14-33(38(5,36)37)25-16-21(28)12-10-18(25)3/h10-13,15-16,19,24H,6-9,14,17H2,1-5H3,(H,31,35)/t19-,24-/m1/s1. The van der Waals surface area contributed by atoms with Crippen LogP contribution in [0.15, 0.2) is 36.4 Å². The molecule has 0 unspecified atom stereocenters. The van der Waals surface area contributed by atoms with E-state index in [1.165, 1.54) is 9.21 Å². The molecule has 0 saturated carbocycles. The summed E-state index contributed by atoms with van der Waals surface area (Å²) < 4.78 is 26.4. The smallest absolute Gasteiger partial charge is 0.243 e. The van der Waals surface area contributed by atoms with E-state index in [2.05, 4.69) is 5.32 Å². The molecule has 0 aliphatic carbocycles. The molecule has 2 amide bonds. The molecule has 0 aliphatic heterocycles. The summed E-state index contributed by atoms with van der Waals surface area (Å²) in [5.41, 5.74) is 1.95. The first kappa shape index (κ1) is 32.2. The van der Waals surface area contributed by atoms with Crippen LogP contribution >= 0.6 is 34.8 Å². The monoisotopic (exact) mass is 603 g/mol. The lowest BCUT2D eigenvalue weighted by atomic mass is 10.1. The molecule has 0 radical (unpaired) electrons. The second-order valence-electron chi connectivity index (χ2n) is 9.38. The average molecular weight is 605 g/mol. The van der Waals surface area contributed by atoms with Gasteiger partial charge in [0.25, 0.3) is 0 Å². The molecular weight excluding hydrogens is 569 g/mol. The second-order valence-corrected chi connectivity index (χ2v) is 12.5. The van der Waals surface area contributed by atoms with Crippen LogP contribution in [0, 0.1) is 6.92 Å². The first-order valence-corrected chi connectivity index (χ1v) is 15.5. The van der Waals surface area contributed by atoms with Crippen LogP contribution in [0.25, 0.3) is 0 Å². The Bertz CT molecular complexity index is 1240. The summed E-state index contributed by atoms with van der Waals surface area (Å²) in [4.78, 5) is 28.2. The number of nitrogens with zero attached hydrogens (tertiary/aromatic N) is 2. The predicted octanol–water partition coefficient (Wildman–Crippen LogP) is 6.22. The summed E-state index contributed by atoms with van der Waals surface area (Å²) in [6.07, 6.45) is 2.58. The predicted molar refractivity (Wildman–Crippen MR) is 157 cm³/mol. The van der Waals surface area contributed by atoms with Gasteiger partial charge in [0.15, 0.2) is 0 Å². The Kier molecular flexibility index (Phi) is 12.2. The van der Waals surface area contributed by atoms with E-state index in [1.54, 1.807) is 43.3 Å². The molecule has 11 heteroatoms. The van der Waals surface area contributed by atoms with Gasteiger partial charge in [0.2, 0.25) is 21.8 Å². The van der Waals surface area contributed by atoms with E-state index >= 15 is 0 Å². The lowest BCUT2D eigenvalue weighted by Gasteiger charge is -2.32. The van der Waals surface area contributed by atoms with Crippen LogP contribution in [-0.4, -0.2) is 50.0 Å². The van der Waals surface area contributed by atoms with E-state index in [0.29, 0.717) is 27.2 Å². The molecule has 2 atom stereocenters. The summed E-state index contributed by atoms with van der Waals surface area (Å²) in [6, 6.07) is 9.40. The maximum atomic E-state index is 13.5. The van der Waals surface area contributed by atoms with Gasteiger partial charge in [-0.1, -0.05) is 60.8 Å². The largest absolute Gasteiger partial charge is 0.352 e. The van der Waals surface area contributed by atoms with Crippen molar-refractivity contribution in [1.29, 1.82) is 0 Å². The van der Waals surface area contributed by atoms with E-state index < -0.39 is 16.1 Å². The highest BCUT2D eigenvalue weighted by Crippen LogP contribution is 2.27. The minimum absolute atomic E-state index is 0.0391. The van der Waals surface area contributed by atoms with E-state index in [4.69, 9.17) is 34.8 Å². The van der Waals surface area contributed by atoms with Crippen molar-refractivity contribution in [3.63, 3.8) is 0 Å². The minimum Gasteiger partial charge on any atom is -0.352 e. The zero-order valence-electron chi connectivity index (χ0n) is 22.4. The van der Waals surface area contributed by atoms with Crippen molar-refractivity contribution in [2.45, 2.75) is 72.0 Å².